The van der Waals surface area contributed by atoms with E-state index in [1.807, 2.05) is 78.9 Å². The first-order chi connectivity index (χ1) is 34.0. The maximum Gasteiger partial charge on any atom is 0.255 e. The average molecular weight is 976 g/mol. The maximum absolute atomic E-state index is 13.3. The van der Waals surface area contributed by atoms with Gasteiger partial charge in [0.2, 0.25) is 11.8 Å². The molecule has 5 aromatic carbocycles. The predicted molar refractivity (Wildman–Crippen MR) is 270 cm³/mol. The van der Waals surface area contributed by atoms with Crippen molar-refractivity contribution in [2.75, 3.05) is 103 Å². The molecule has 15 nitrogen and oxygen atoms in total. The molecule has 2 saturated heterocycles. The van der Waals surface area contributed by atoms with Crippen molar-refractivity contribution in [1.82, 2.24) is 20.0 Å². The number of sulfone groups is 1. The highest BCUT2D eigenvalue weighted by Gasteiger charge is 2.40. The lowest BCUT2D eigenvalue weighted by Crippen LogP contribution is -2.52. The molecule has 1 atom stereocenters. The van der Waals surface area contributed by atoms with Gasteiger partial charge in [-0.3, -0.25) is 29.5 Å². The number of fused-ring (bicyclic) bond motifs is 2. The molecular weight excluding hydrogens is 911 g/mol. The number of imide groups is 1. The second-order valence-corrected chi connectivity index (χ2v) is 20.0. The minimum atomic E-state index is -3.34. The van der Waals surface area contributed by atoms with E-state index in [0.717, 1.165) is 110 Å². The smallest absolute Gasteiger partial charge is 0.255 e. The number of unbranched alkanes of at least 4 members (excludes halogenated alkanes) is 1. The van der Waals surface area contributed by atoms with E-state index in [2.05, 4.69) is 39.9 Å². The quantitative estimate of drug-likeness (QED) is 0.0490. The van der Waals surface area contributed by atoms with Crippen LogP contribution >= 0.6 is 0 Å². The van der Waals surface area contributed by atoms with Crippen LogP contribution < -0.4 is 24.4 Å². The van der Waals surface area contributed by atoms with Crippen LogP contribution in [0.2, 0.25) is 0 Å². The number of carbonyl (C=O) groups is 3. The highest BCUT2D eigenvalue weighted by molar-refractivity contribution is 7.90. The van der Waals surface area contributed by atoms with E-state index in [1.165, 1.54) is 6.26 Å². The van der Waals surface area contributed by atoms with E-state index in [4.69, 9.17) is 23.7 Å². The Bertz CT molecular complexity index is 2710. The van der Waals surface area contributed by atoms with Crippen molar-refractivity contribution < 1.29 is 46.5 Å². The first kappa shape index (κ1) is 50.4. The Hall–Kier alpha value is -6.04. The van der Waals surface area contributed by atoms with Gasteiger partial charge in [-0.2, -0.15) is 0 Å². The number of hydrogen-bond acceptors (Lipinski definition) is 13. The lowest BCUT2D eigenvalue weighted by Gasteiger charge is -2.37. The third-order valence-electron chi connectivity index (χ3n) is 13.2. The van der Waals surface area contributed by atoms with E-state index in [9.17, 15) is 22.8 Å². The first-order valence-electron chi connectivity index (χ1n) is 24.5. The van der Waals surface area contributed by atoms with E-state index in [0.29, 0.717) is 69.7 Å². The number of piperazine rings is 1. The fourth-order valence-electron chi connectivity index (χ4n) is 9.15. The number of amides is 3. The van der Waals surface area contributed by atoms with Gasteiger partial charge in [0.25, 0.3) is 5.91 Å². The lowest BCUT2D eigenvalue weighted by molar-refractivity contribution is -0.136. The third kappa shape index (κ3) is 12.6. The summed E-state index contributed by atoms with van der Waals surface area (Å²) in [5.74, 6) is 2.01. The van der Waals surface area contributed by atoms with Crippen LogP contribution in [-0.4, -0.2) is 145 Å². The summed E-state index contributed by atoms with van der Waals surface area (Å²) in [7, 11) is -3.34. The number of nitrogens with one attached hydrogen (secondary N) is 1. The molecule has 8 rings (SSSR count). The highest BCUT2D eigenvalue weighted by Crippen LogP contribution is 2.41. The Morgan fingerprint density at radius 3 is 2.17 bits per heavy atom. The summed E-state index contributed by atoms with van der Waals surface area (Å²) < 4.78 is 54.9. The molecule has 16 heteroatoms. The molecule has 2 fully saturated rings. The molecule has 0 aliphatic carbocycles. The number of benzene rings is 5. The molecule has 0 spiro atoms. The highest BCUT2D eigenvalue weighted by atomic mass is 32.2. The summed E-state index contributed by atoms with van der Waals surface area (Å²) in [5, 5.41) is 4.26. The fraction of sp³-hybridized carbons (Fsp3) is 0.426. The van der Waals surface area contributed by atoms with Gasteiger partial charge in [0.15, 0.2) is 9.84 Å². The second-order valence-electron chi connectivity index (χ2n) is 17.9. The number of anilines is 1. The van der Waals surface area contributed by atoms with Crippen molar-refractivity contribution in [3.8, 4) is 34.1 Å². The van der Waals surface area contributed by atoms with E-state index < -0.39 is 21.8 Å². The molecule has 3 heterocycles. The van der Waals surface area contributed by atoms with Crippen LogP contribution in [0.4, 0.5) is 5.69 Å². The molecule has 0 saturated carbocycles. The largest absolute Gasteiger partial charge is 0.494 e. The van der Waals surface area contributed by atoms with Crippen LogP contribution in [0.1, 0.15) is 55.5 Å². The Labute approximate surface area is 411 Å². The molecule has 1 unspecified atom stereocenters. The van der Waals surface area contributed by atoms with Crippen LogP contribution in [0.3, 0.4) is 0 Å². The van der Waals surface area contributed by atoms with E-state index >= 15 is 0 Å². The summed E-state index contributed by atoms with van der Waals surface area (Å²) in [6.07, 6.45) is 3.83. The van der Waals surface area contributed by atoms with E-state index in [-0.39, 0.29) is 23.1 Å². The van der Waals surface area contributed by atoms with Crippen LogP contribution in [-0.2, 0) is 35.4 Å². The van der Waals surface area contributed by atoms with Gasteiger partial charge in [0.05, 0.1) is 37.9 Å². The molecule has 3 amide bonds. The molecule has 0 aromatic heterocycles. The summed E-state index contributed by atoms with van der Waals surface area (Å²) in [4.78, 5) is 46.4. The number of nitrogens with zero attached hydrogens (tertiary/aromatic N) is 4. The van der Waals surface area contributed by atoms with Gasteiger partial charge in [-0.25, -0.2) is 8.42 Å². The van der Waals surface area contributed by atoms with Crippen molar-refractivity contribution in [1.29, 1.82) is 0 Å². The summed E-state index contributed by atoms with van der Waals surface area (Å²) >= 11 is 0. The zero-order valence-corrected chi connectivity index (χ0v) is 41.3. The van der Waals surface area contributed by atoms with Gasteiger partial charge < -0.3 is 33.5 Å². The average Bonchev–Trinajstić information content (AvgIpc) is 3.70. The van der Waals surface area contributed by atoms with Gasteiger partial charge in [-0.05, 0) is 103 Å². The Kier molecular flexibility index (Phi) is 17.1. The molecule has 3 aliphatic heterocycles. The molecule has 3 aliphatic rings. The number of carbonyl (C=O) groups excluding carboxylic acids is 3. The molecule has 70 heavy (non-hydrogen) atoms. The van der Waals surface area contributed by atoms with Crippen LogP contribution in [0, 0.1) is 0 Å². The minimum absolute atomic E-state index is 0.149. The fourth-order valence-corrected chi connectivity index (χ4v) is 9.78. The van der Waals surface area contributed by atoms with Crippen LogP contribution in [0.25, 0.3) is 21.9 Å². The number of likely N-dealkylation sites (N-methyl/N-ethyl adjacent to an activating group) is 1. The monoisotopic (exact) mass is 975 g/mol. The van der Waals surface area contributed by atoms with Gasteiger partial charge in [-0.1, -0.05) is 44.5 Å². The Morgan fingerprint density at radius 2 is 1.44 bits per heavy atom. The topological polar surface area (TPSA) is 156 Å². The van der Waals surface area contributed by atoms with Crippen LogP contribution in [0.15, 0.2) is 102 Å². The maximum atomic E-state index is 13.3. The van der Waals surface area contributed by atoms with Gasteiger partial charge in [0, 0.05) is 92.8 Å². The molecule has 1 N–H and O–H groups in total. The number of ether oxygens (including phenoxy) is 5. The molecule has 0 radical (unpaired) electrons. The predicted octanol–water partition coefficient (Wildman–Crippen LogP) is 7.20. The van der Waals surface area contributed by atoms with Gasteiger partial charge >= 0.3 is 0 Å². The number of rotatable bonds is 24. The third-order valence-corrected chi connectivity index (χ3v) is 14.3. The standard InChI is InChI=1S/C54H65N5O10S/c1-4-6-31-67-43-17-21-46-40(37-43)12-20-45(39-10-18-44(19-11-39)70(3,63)64)52(46)69-42-15-13-41(14-16-42)68-34-30-56(5-2)28-32-65-35-36-66-33-29-57-24-26-58(27-25-57)49-9-7-8-47-48(49)38-59(54(47)62)50-22-23-51(60)55-53(50)61/h7-21,37,50H,4-6,22-36,38H2,1-3H3,(H,55,60,61). The first-order valence-corrected chi connectivity index (χ1v) is 26.4. The zero-order valence-electron chi connectivity index (χ0n) is 40.5. The number of piperidine rings is 1. The van der Waals surface area contributed by atoms with Crippen molar-refractivity contribution >= 4 is 44.0 Å². The Balaban J connectivity index is 0.731. The van der Waals surface area contributed by atoms with Gasteiger partial charge in [-0.15, -0.1) is 0 Å². The van der Waals surface area contributed by atoms with E-state index in [1.54, 1.807) is 17.0 Å². The molecule has 5 aromatic rings. The number of hydrogen-bond donors (Lipinski definition) is 1. The van der Waals surface area contributed by atoms with Gasteiger partial charge in [0.1, 0.15) is 35.6 Å². The van der Waals surface area contributed by atoms with Crippen LogP contribution in [0.5, 0.6) is 23.0 Å². The summed E-state index contributed by atoms with van der Waals surface area (Å²) in [6.45, 7) is 14.7. The van der Waals surface area contributed by atoms with Crippen molar-refractivity contribution in [3.63, 3.8) is 0 Å². The molecule has 0 bridgehead atoms. The SMILES string of the molecule is CCCCOc1ccc2c(Oc3ccc(OCCN(CC)CCOCCOCCN4CCN(c5cccc6c5CN(C5CCC(=O)NC5=O)C6=O)CC4)cc3)c(-c3ccc(S(C)(=O)=O)cc3)ccc2c1. The Morgan fingerprint density at radius 1 is 0.729 bits per heavy atom. The van der Waals surface area contributed by atoms with Crippen molar-refractivity contribution in [2.45, 2.75) is 57.0 Å². The lowest BCUT2D eigenvalue weighted by atomic mass is 9.99. The van der Waals surface area contributed by atoms with Crippen molar-refractivity contribution in [3.05, 3.63) is 108 Å². The normalized spacial score (nSPS) is 16.5. The van der Waals surface area contributed by atoms with Crippen molar-refractivity contribution in [2.24, 2.45) is 0 Å². The second kappa shape index (κ2) is 23.7. The summed E-state index contributed by atoms with van der Waals surface area (Å²) in [6, 6.07) is 29.7. The zero-order chi connectivity index (χ0) is 49.0. The molecule has 372 valence electrons. The molecular formula is C54H65N5O10S. The minimum Gasteiger partial charge on any atom is -0.494 e. The summed E-state index contributed by atoms with van der Waals surface area (Å²) in [5.41, 5.74) is 4.31.